The fourth-order valence-electron chi connectivity index (χ4n) is 5.75. The van der Waals surface area contributed by atoms with Crippen molar-refractivity contribution in [3.05, 3.63) is 34.9 Å². The summed E-state index contributed by atoms with van der Waals surface area (Å²) in [6.07, 6.45) is 6.25. The maximum atomic E-state index is 13.5. The van der Waals surface area contributed by atoms with Gasteiger partial charge in [-0.3, -0.25) is 14.4 Å². The third-order valence-corrected chi connectivity index (χ3v) is 8.15. The van der Waals surface area contributed by atoms with E-state index in [4.69, 9.17) is 4.74 Å². The Balaban J connectivity index is 1.64. The second kappa shape index (κ2) is 14.6. The van der Waals surface area contributed by atoms with Crippen LogP contribution in [-0.4, -0.2) is 82.5 Å². The number of unbranched alkanes of at least 4 members (excludes halogenated alkanes) is 1. The molecule has 236 valence electrons. The van der Waals surface area contributed by atoms with Gasteiger partial charge in [0.05, 0.1) is 5.56 Å². The fourth-order valence-corrected chi connectivity index (χ4v) is 5.75. The maximum Gasteiger partial charge on any atom is 0.408 e. The second-order valence-corrected chi connectivity index (χ2v) is 12.5. The van der Waals surface area contributed by atoms with Gasteiger partial charge >= 0.3 is 6.09 Å². The van der Waals surface area contributed by atoms with E-state index < -0.39 is 17.7 Å². The number of nitrogens with one attached hydrogen (secondary N) is 1. The fraction of sp³-hybridized carbons (Fsp3) is 0.576. The Labute approximate surface area is 254 Å². The standard InChI is InChI=1S/C33H47N3O7/c1-7-36(30(40)26-17-23-19-27(38)29(39)21(2)25(23)18-24(26)20-37)16-12-11-15-35(6)31(41)28(22-13-9-8-10-14-22)34-32(42)43-33(3,4)5/h17-20,22,28,38-39H,7-16H2,1-6H3,(H,34,42). The lowest BCUT2D eigenvalue weighted by Crippen LogP contribution is -2.52. The first-order valence-electron chi connectivity index (χ1n) is 15.3. The molecule has 1 saturated carbocycles. The van der Waals surface area contributed by atoms with Crippen LogP contribution in [-0.2, 0) is 9.53 Å². The highest BCUT2D eigenvalue weighted by Gasteiger charge is 2.34. The van der Waals surface area contributed by atoms with Crippen LogP contribution in [0.1, 0.15) is 98.9 Å². The van der Waals surface area contributed by atoms with Crippen LogP contribution in [0.3, 0.4) is 0 Å². The molecule has 3 rings (SSSR count). The molecule has 10 nitrogen and oxygen atoms in total. The smallest absolute Gasteiger partial charge is 0.408 e. The van der Waals surface area contributed by atoms with Gasteiger partial charge in [-0.15, -0.1) is 0 Å². The summed E-state index contributed by atoms with van der Waals surface area (Å²) in [7, 11) is 1.73. The number of phenols is 2. The van der Waals surface area contributed by atoms with E-state index in [2.05, 4.69) is 5.32 Å². The summed E-state index contributed by atoms with van der Waals surface area (Å²) in [5.74, 6) is -0.932. The molecule has 1 aliphatic carbocycles. The summed E-state index contributed by atoms with van der Waals surface area (Å²) in [5.41, 5.74) is 0.197. The van der Waals surface area contributed by atoms with Crippen molar-refractivity contribution in [3.8, 4) is 11.5 Å². The van der Waals surface area contributed by atoms with Gasteiger partial charge < -0.3 is 30.1 Å². The molecule has 0 radical (unpaired) electrons. The second-order valence-electron chi connectivity index (χ2n) is 12.5. The first kappa shape index (κ1) is 33.7. The Kier molecular flexibility index (Phi) is 11.4. The van der Waals surface area contributed by atoms with Crippen LogP contribution in [0.25, 0.3) is 10.8 Å². The van der Waals surface area contributed by atoms with Gasteiger partial charge in [-0.1, -0.05) is 19.3 Å². The molecule has 2 aromatic carbocycles. The van der Waals surface area contributed by atoms with Crippen molar-refractivity contribution in [2.75, 3.05) is 26.7 Å². The van der Waals surface area contributed by atoms with Crippen LogP contribution < -0.4 is 5.32 Å². The van der Waals surface area contributed by atoms with Gasteiger partial charge in [0.15, 0.2) is 17.8 Å². The van der Waals surface area contributed by atoms with Gasteiger partial charge in [0.1, 0.15) is 11.6 Å². The first-order chi connectivity index (χ1) is 20.3. The van der Waals surface area contributed by atoms with E-state index in [1.54, 1.807) is 56.7 Å². The number of rotatable bonds is 11. The Morgan fingerprint density at radius 2 is 1.72 bits per heavy atom. The number of aryl methyl sites for hydroxylation is 1. The lowest BCUT2D eigenvalue weighted by Gasteiger charge is -2.33. The lowest BCUT2D eigenvalue weighted by atomic mass is 9.83. The van der Waals surface area contributed by atoms with Crippen molar-refractivity contribution in [1.82, 2.24) is 15.1 Å². The van der Waals surface area contributed by atoms with Gasteiger partial charge in [-0.2, -0.15) is 0 Å². The van der Waals surface area contributed by atoms with E-state index >= 15 is 0 Å². The third kappa shape index (κ3) is 8.61. The average Bonchev–Trinajstić information content (AvgIpc) is 2.97. The normalized spacial score (nSPS) is 14.7. The highest BCUT2D eigenvalue weighted by Crippen LogP contribution is 2.36. The molecule has 0 spiro atoms. The molecule has 2 aromatic rings. The van der Waals surface area contributed by atoms with E-state index in [0.29, 0.717) is 55.1 Å². The molecule has 1 fully saturated rings. The molecule has 0 aliphatic heterocycles. The molecule has 1 aliphatic rings. The minimum Gasteiger partial charge on any atom is -0.504 e. The number of amides is 3. The zero-order chi connectivity index (χ0) is 31.9. The number of aldehydes is 1. The van der Waals surface area contributed by atoms with Gasteiger partial charge in [0.25, 0.3) is 5.91 Å². The minimum atomic E-state index is -0.665. The summed E-state index contributed by atoms with van der Waals surface area (Å²) in [6.45, 7) is 10.2. The molecule has 1 unspecified atom stereocenters. The third-order valence-electron chi connectivity index (χ3n) is 8.15. The molecule has 0 saturated heterocycles. The van der Waals surface area contributed by atoms with Gasteiger partial charge in [0, 0.05) is 37.8 Å². The van der Waals surface area contributed by atoms with E-state index in [-0.39, 0.29) is 40.4 Å². The predicted molar refractivity (Wildman–Crippen MR) is 166 cm³/mol. The average molecular weight is 598 g/mol. The SMILES string of the molecule is CCN(CCCCN(C)C(=O)C(NC(=O)OC(C)(C)C)C1CCCCC1)C(=O)c1cc2cc(O)c(O)c(C)c2cc1C=O. The number of carbonyl (C=O) groups is 4. The number of benzene rings is 2. The van der Waals surface area contributed by atoms with Crippen molar-refractivity contribution in [3.63, 3.8) is 0 Å². The molecule has 0 aromatic heterocycles. The van der Waals surface area contributed by atoms with Crippen LogP contribution in [0.5, 0.6) is 11.5 Å². The summed E-state index contributed by atoms with van der Waals surface area (Å²) in [5, 5.41) is 24.1. The van der Waals surface area contributed by atoms with Gasteiger partial charge in [0.2, 0.25) is 5.91 Å². The van der Waals surface area contributed by atoms with Crippen LogP contribution in [0.2, 0.25) is 0 Å². The Hall–Kier alpha value is -3.82. The molecule has 0 heterocycles. The molecule has 10 heteroatoms. The van der Waals surface area contributed by atoms with E-state index in [1.165, 1.54) is 6.07 Å². The van der Waals surface area contributed by atoms with Crippen LogP contribution in [0.4, 0.5) is 4.79 Å². The van der Waals surface area contributed by atoms with E-state index in [9.17, 15) is 29.4 Å². The minimum absolute atomic E-state index is 0.0630. The lowest BCUT2D eigenvalue weighted by molar-refractivity contribution is -0.134. The number of ether oxygens (including phenoxy) is 1. The van der Waals surface area contributed by atoms with Gasteiger partial charge in [-0.05, 0) is 95.2 Å². The number of phenolic OH excluding ortho intramolecular Hbond substituents is 2. The zero-order valence-electron chi connectivity index (χ0n) is 26.4. The van der Waals surface area contributed by atoms with Crippen LogP contribution in [0.15, 0.2) is 18.2 Å². The summed E-state index contributed by atoms with van der Waals surface area (Å²) in [4.78, 5) is 54.7. The molecule has 43 heavy (non-hydrogen) atoms. The summed E-state index contributed by atoms with van der Waals surface area (Å²) < 4.78 is 5.44. The molecule has 3 N–H and O–H groups in total. The summed E-state index contributed by atoms with van der Waals surface area (Å²) >= 11 is 0. The number of nitrogens with zero attached hydrogens (tertiary/aromatic N) is 2. The highest BCUT2D eigenvalue weighted by atomic mass is 16.6. The first-order valence-corrected chi connectivity index (χ1v) is 15.3. The van der Waals surface area contributed by atoms with Crippen molar-refractivity contribution >= 4 is 35.0 Å². The number of aromatic hydroxyl groups is 2. The van der Waals surface area contributed by atoms with Crippen molar-refractivity contribution in [1.29, 1.82) is 0 Å². The van der Waals surface area contributed by atoms with Crippen molar-refractivity contribution in [2.45, 2.75) is 91.2 Å². The number of likely N-dealkylation sites (N-methyl/N-ethyl adjacent to an activating group) is 1. The predicted octanol–water partition coefficient (Wildman–Crippen LogP) is 5.55. The Morgan fingerprint density at radius 3 is 2.33 bits per heavy atom. The largest absolute Gasteiger partial charge is 0.504 e. The molecular formula is C33H47N3O7. The summed E-state index contributed by atoms with van der Waals surface area (Å²) in [6, 6.07) is 3.87. The zero-order valence-corrected chi connectivity index (χ0v) is 26.4. The van der Waals surface area contributed by atoms with Crippen molar-refractivity contribution in [2.24, 2.45) is 5.92 Å². The highest BCUT2D eigenvalue weighted by molar-refractivity contribution is 6.06. The Morgan fingerprint density at radius 1 is 1.07 bits per heavy atom. The topological polar surface area (TPSA) is 136 Å². The molecule has 0 bridgehead atoms. The van der Waals surface area contributed by atoms with Crippen LogP contribution >= 0.6 is 0 Å². The van der Waals surface area contributed by atoms with Crippen LogP contribution in [0, 0.1) is 12.8 Å². The Bertz CT molecular complexity index is 1330. The number of hydrogen-bond donors (Lipinski definition) is 3. The maximum absolute atomic E-state index is 13.5. The van der Waals surface area contributed by atoms with Gasteiger partial charge in [-0.25, -0.2) is 4.79 Å². The van der Waals surface area contributed by atoms with E-state index in [1.807, 2.05) is 6.92 Å². The molecule has 3 amide bonds. The number of alkyl carbamates (subject to hydrolysis) is 1. The molecular weight excluding hydrogens is 550 g/mol. The molecule has 1 atom stereocenters. The quantitative estimate of drug-likeness (QED) is 0.176. The number of hydrogen-bond acceptors (Lipinski definition) is 7. The van der Waals surface area contributed by atoms with E-state index in [0.717, 1.165) is 32.1 Å². The van der Waals surface area contributed by atoms with Crippen molar-refractivity contribution < 1.29 is 34.1 Å². The number of carbonyl (C=O) groups excluding carboxylic acids is 4. The number of fused-ring (bicyclic) bond motifs is 1. The monoisotopic (exact) mass is 597 g/mol.